The molecule has 0 saturated carbocycles. The Bertz CT molecular complexity index is 476. The minimum Gasteiger partial charge on any atom is -0.409 e. The molecular weight excluding hydrogens is 244 g/mol. The minimum absolute atomic E-state index is 0.0770. The van der Waals surface area contributed by atoms with Crippen molar-refractivity contribution in [2.45, 2.75) is 19.8 Å². The van der Waals surface area contributed by atoms with Crippen LogP contribution in [-0.2, 0) is 0 Å². The molecule has 19 heavy (non-hydrogen) atoms. The van der Waals surface area contributed by atoms with Gasteiger partial charge < -0.3 is 20.9 Å². The molecule has 1 saturated heterocycles. The van der Waals surface area contributed by atoms with E-state index in [2.05, 4.69) is 15.0 Å². The highest BCUT2D eigenvalue weighted by atomic mass is 16.4. The highest BCUT2D eigenvalue weighted by Crippen LogP contribution is 2.27. The Morgan fingerprint density at radius 3 is 3.05 bits per heavy atom. The number of anilines is 1. The maximum atomic E-state index is 9.00. The average Bonchev–Trinajstić information content (AvgIpc) is 2.87. The van der Waals surface area contributed by atoms with Gasteiger partial charge in [0.05, 0.1) is 5.56 Å². The van der Waals surface area contributed by atoms with E-state index in [4.69, 9.17) is 16.0 Å². The summed E-state index contributed by atoms with van der Waals surface area (Å²) in [7, 11) is 0. The van der Waals surface area contributed by atoms with E-state index >= 15 is 0 Å². The number of rotatable bonds is 4. The normalized spacial score (nSPS) is 20.0. The number of aromatic nitrogens is 1. The molecule has 0 aromatic carbocycles. The third-order valence-corrected chi connectivity index (χ3v) is 3.52. The lowest BCUT2D eigenvalue weighted by molar-refractivity contribution is 0.263. The summed E-state index contributed by atoms with van der Waals surface area (Å²) in [4.78, 5) is 6.65. The van der Waals surface area contributed by atoms with Crippen LogP contribution in [0.5, 0.6) is 0 Å². The summed E-state index contributed by atoms with van der Waals surface area (Å²) in [5.74, 6) is 1.32. The van der Waals surface area contributed by atoms with Gasteiger partial charge in [-0.3, -0.25) is 0 Å². The SMILES string of the molecule is Cc1ccc(/C(N)=N/O)c(N2CCC(CCO)C2)n1. The fourth-order valence-corrected chi connectivity index (χ4v) is 2.48. The summed E-state index contributed by atoms with van der Waals surface area (Å²) in [6, 6.07) is 3.67. The van der Waals surface area contributed by atoms with E-state index in [1.807, 2.05) is 19.1 Å². The van der Waals surface area contributed by atoms with Crippen LogP contribution < -0.4 is 10.6 Å². The summed E-state index contributed by atoms with van der Waals surface area (Å²) < 4.78 is 0. The molecule has 1 atom stereocenters. The molecule has 1 aliphatic rings. The molecule has 0 spiro atoms. The van der Waals surface area contributed by atoms with Crippen LogP contribution in [0.3, 0.4) is 0 Å². The van der Waals surface area contributed by atoms with Gasteiger partial charge in [-0.2, -0.15) is 0 Å². The first-order chi connectivity index (χ1) is 9.15. The highest BCUT2D eigenvalue weighted by molar-refractivity contribution is 6.01. The lowest BCUT2D eigenvalue weighted by Gasteiger charge is -2.20. The monoisotopic (exact) mass is 264 g/mol. The smallest absolute Gasteiger partial charge is 0.173 e. The van der Waals surface area contributed by atoms with Gasteiger partial charge in [0.2, 0.25) is 0 Å². The molecule has 1 aromatic heterocycles. The van der Waals surface area contributed by atoms with E-state index in [-0.39, 0.29) is 12.4 Å². The fourth-order valence-electron chi connectivity index (χ4n) is 2.48. The Morgan fingerprint density at radius 1 is 1.58 bits per heavy atom. The van der Waals surface area contributed by atoms with Gasteiger partial charge in [0, 0.05) is 25.4 Å². The first-order valence-electron chi connectivity index (χ1n) is 6.47. The van der Waals surface area contributed by atoms with Gasteiger partial charge in [0.25, 0.3) is 0 Å². The first-order valence-corrected chi connectivity index (χ1v) is 6.47. The summed E-state index contributed by atoms with van der Waals surface area (Å²) in [6.07, 6.45) is 1.84. The molecule has 104 valence electrons. The van der Waals surface area contributed by atoms with Crippen molar-refractivity contribution >= 4 is 11.7 Å². The average molecular weight is 264 g/mol. The van der Waals surface area contributed by atoms with E-state index in [1.54, 1.807) is 0 Å². The van der Waals surface area contributed by atoms with Crippen molar-refractivity contribution in [1.82, 2.24) is 4.98 Å². The van der Waals surface area contributed by atoms with E-state index in [0.717, 1.165) is 37.4 Å². The third-order valence-electron chi connectivity index (χ3n) is 3.52. The summed E-state index contributed by atoms with van der Waals surface area (Å²) >= 11 is 0. The van der Waals surface area contributed by atoms with E-state index in [1.165, 1.54) is 0 Å². The van der Waals surface area contributed by atoms with Crippen molar-refractivity contribution in [3.05, 3.63) is 23.4 Å². The van der Waals surface area contributed by atoms with Gasteiger partial charge >= 0.3 is 0 Å². The minimum atomic E-state index is 0.0770. The first kappa shape index (κ1) is 13.6. The number of aliphatic hydroxyl groups is 1. The molecule has 1 aliphatic heterocycles. The maximum Gasteiger partial charge on any atom is 0.173 e. The molecule has 0 amide bonds. The van der Waals surface area contributed by atoms with Gasteiger partial charge in [0.15, 0.2) is 5.84 Å². The van der Waals surface area contributed by atoms with Crippen molar-refractivity contribution in [1.29, 1.82) is 0 Å². The zero-order valence-electron chi connectivity index (χ0n) is 11.1. The van der Waals surface area contributed by atoms with Gasteiger partial charge in [-0.05, 0) is 37.8 Å². The maximum absolute atomic E-state index is 9.00. The van der Waals surface area contributed by atoms with Crippen LogP contribution >= 0.6 is 0 Å². The largest absolute Gasteiger partial charge is 0.409 e. The second-order valence-electron chi connectivity index (χ2n) is 4.92. The van der Waals surface area contributed by atoms with Gasteiger partial charge in [-0.25, -0.2) is 4.98 Å². The molecule has 2 heterocycles. The lowest BCUT2D eigenvalue weighted by Crippen LogP contribution is -2.26. The van der Waals surface area contributed by atoms with Crippen LogP contribution in [0.2, 0.25) is 0 Å². The Hall–Kier alpha value is -1.82. The number of nitrogens with two attached hydrogens (primary N) is 1. The quantitative estimate of drug-likeness (QED) is 0.322. The number of pyridine rings is 1. The summed E-state index contributed by atoms with van der Waals surface area (Å²) in [5, 5.41) is 20.9. The zero-order valence-corrected chi connectivity index (χ0v) is 11.1. The predicted molar refractivity (Wildman–Crippen MR) is 73.5 cm³/mol. The predicted octanol–water partition coefficient (Wildman–Crippen LogP) is 0.693. The molecule has 6 nitrogen and oxygen atoms in total. The topological polar surface area (TPSA) is 95.0 Å². The molecule has 4 N–H and O–H groups in total. The Kier molecular flexibility index (Phi) is 4.21. The van der Waals surface area contributed by atoms with Crippen LogP contribution in [0.4, 0.5) is 5.82 Å². The van der Waals surface area contributed by atoms with E-state index in [0.29, 0.717) is 11.5 Å². The number of oxime groups is 1. The Labute approximate surface area is 112 Å². The number of nitrogens with zero attached hydrogens (tertiary/aromatic N) is 3. The van der Waals surface area contributed by atoms with Crippen LogP contribution in [0, 0.1) is 12.8 Å². The Morgan fingerprint density at radius 2 is 2.37 bits per heavy atom. The number of aliphatic hydroxyl groups excluding tert-OH is 1. The molecule has 1 unspecified atom stereocenters. The fraction of sp³-hybridized carbons (Fsp3) is 0.538. The van der Waals surface area contributed by atoms with Crippen LogP contribution in [-0.4, -0.2) is 40.8 Å². The second kappa shape index (κ2) is 5.88. The number of hydrogen-bond donors (Lipinski definition) is 3. The molecule has 0 bridgehead atoms. The molecule has 1 aromatic rings. The third kappa shape index (κ3) is 2.96. The van der Waals surface area contributed by atoms with Crippen molar-refractivity contribution in [2.75, 3.05) is 24.6 Å². The van der Waals surface area contributed by atoms with E-state index < -0.39 is 0 Å². The van der Waals surface area contributed by atoms with Gasteiger partial charge in [-0.1, -0.05) is 5.16 Å². The summed E-state index contributed by atoms with van der Waals surface area (Å²) in [5.41, 5.74) is 7.25. The van der Waals surface area contributed by atoms with Crippen molar-refractivity contribution in [3.63, 3.8) is 0 Å². The highest BCUT2D eigenvalue weighted by Gasteiger charge is 2.25. The molecule has 6 heteroatoms. The molecule has 0 radical (unpaired) electrons. The lowest BCUT2D eigenvalue weighted by atomic mass is 10.1. The van der Waals surface area contributed by atoms with Crippen LogP contribution in [0.1, 0.15) is 24.1 Å². The molecular formula is C13H20N4O2. The standard InChI is InChI=1S/C13H20N4O2/c1-9-2-3-11(12(14)16-19)13(15-9)17-6-4-10(8-17)5-7-18/h2-3,10,18-19H,4-8H2,1H3,(H2,14,16). The second-order valence-corrected chi connectivity index (χ2v) is 4.92. The molecule has 1 fully saturated rings. The van der Waals surface area contributed by atoms with Crippen molar-refractivity contribution < 1.29 is 10.3 Å². The number of hydrogen-bond acceptors (Lipinski definition) is 5. The van der Waals surface area contributed by atoms with Crippen LogP contribution in [0.25, 0.3) is 0 Å². The molecule has 2 rings (SSSR count). The number of amidine groups is 1. The van der Waals surface area contributed by atoms with Crippen molar-refractivity contribution in [2.24, 2.45) is 16.8 Å². The van der Waals surface area contributed by atoms with Gasteiger partial charge in [-0.15, -0.1) is 0 Å². The van der Waals surface area contributed by atoms with Crippen LogP contribution in [0.15, 0.2) is 17.3 Å². The summed E-state index contributed by atoms with van der Waals surface area (Å²) in [6.45, 7) is 3.86. The molecule has 0 aliphatic carbocycles. The van der Waals surface area contributed by atoms with Crippen molar-refractivity contribution in [3.8, 4) is 0 Å². The number of aryl methyl sites for hydroxylation is 1. The van der Waals surface area contributed by atoms with Gasteiger partial charge in [0.1, 0.15) is 5.82 Å². The zero-order chi connectivity index (χ0) is 13.8. The van der Waals surface area contributed by atoms with E-state index in [9.17, 15) is 0 Å². The Balaban J connectivity index is 2.26.